The summed E-state index contributed by atoms with van der Waals surface area (Å²) in [6, 6.07) is 8.60. The predicted molar refractivity (Wildman–Crippen MR) is 101 cm³/mol. The highest BCUT2D eigenvalue weighted by Gasteiger charge is 2.20. The molecule has 0 bridgehead atoms. The summed E-state index contributed by atoms with van der Waals surface area (Å²) in [4.78, 5) is 24.0. The summed E-state index contributed by atoms with van der Waals surface area (Å²) in [6.07, 6.45) is 0.581. The smallest absolute Gasteiger partial charge is 0.341 e. The number of aryl methyl sites for hydroxylation is 2. The van der Waals surface area contributed by atoms with Crippen LogP contribution in [0.15, 0.2) is 39.5 Å². The van der Waals surface area contributed by atoms with E-state index in [1.165, 1.54) is 0 Å². The maximum absolute atomic E-state index is 13.2. The molecule has 1 aromatic heterocycles. The third-order valence-electron chi connectivity index (χ3n) is 4.64. The van der Waals surface area contributed by atoms with E-state index in [4.69, 9.17) is 23.7 Å². The van der Waals surface area contributed by atoms with Crippen molar-refractivity contribution in [3.05, 3.63) is 51.9 Å². The lowest BCUT2D eigenvalue weighted by Crippen LogP contribution is -2.12. The van der Waals surface area contributed by atoms with Gasteiger partial charge in [-0.25, -0.2) is 4.79 Å². The van der Waals surface area contributed by atoms with Crippen LogP contribution < -0.4 is 19.6 Å². The fourth-order valence-electron chi connectivity index (χ4n) is 3.31. The molecule has 1 N–H and O–H groups in total. The molecule has 0 unspecified atom stereocenters. The Hall–Kier alpha value is -3.48. The van der Waals surface area contributed by atoms with Crippen LogP contribution in [-0.4, -0.2) is 24.5 Å². The Labute approximate surface area is 160 Å². The van der Waals surface area contributed by atoms with Gasteiger partial charge < -0.3 is 23.7 Å². The first-order chi connectivity index (χ1) is 13.5. The number of benzene rings is 2. The molecule has 2 heterocycles. The first-order valence-electron chi connectivity index (χ1n) is 8.83. The van der Waals surface area contributed by atoms with Crippen molar-refractivity contribution in [3.8, 4) is 28.4 Å². The van der Waals surface area contributed by atoms with Crippen LogP contribution in [0.4, 0.5) is 0 Å². The van der Waals surface area contributed by atoms with Crippen LogP contribution >= 0.6 is 0 Å². The van der Waals surface area contributed by atoms with Crippen molar-refractivity contribution in [2.24, 2.45) is 0 Å². The van der Waals surface area contributed by atoms with Crippen molar-refractivity contribution >= 4 is 16.9 Å². The van der Waals surface area contributed by atoms with Crippen molar-refractivity contribution < 1.29 is 28.5 Å². The van der Waals surface area contributed by atoms with E-state index in [1.54, 1.807) is 37.3 Å². The number of carboxylic acid groups (broad SMARTS) is 1. The van der Waals surface area contributed by atoms with E-state index in [1.807, 2.05) is 6.92 Å². The van der Waals surface area contributed by atoms with Crippen LogP contribution in [0, 0.1) is 6.92 Å². The minimum absolute atomic E-state index is 0.156. The van der Waals surface area contributed by atoms with E-state index < -0.39 is 12.6 Å². The van der Waals surface area contributed by atoms with Crippen LogP contribution in [0.25, 0.3) is 22.1 Å². The zero-order valence-corrected chi connectivity index (χ0v) is 15.4. The Kier molecular flexibility index (Phi) is 4.43. The Bertz CT molecular complexity index is 1140. The maximum Gasteiger partial charge on any atom is 0.341 e. The Morgan fingerprint density at radius 3 is 2.71 bits per heavy atom. The van der Waals surface area contributed by atoms with Gasteiger partial charge in [0.25, 0.3) is 0 Å². The fourth-order valence-corrected chi connectivity index (χ4v) is 3.31. The van der Waals surface area contributed by atoms with Gasteiger partial charge in [-0.15, -0.1) is 0 Å². The minimum atomic E-state index is -1.07. The highest BCUT2D eigenvalue weighted by Crippen LogP contribution is 2.37. The second-order valence-electron chi connectivity index (χ2n) is 6.42. The Morgan fingerprint density at radius 2 is 1.96 bits per heavy atom. The van der Waals surface area contributed by atoms with Gasteiger partial charge >= 0.3 is 5.97 Å². The average molecular weight is 382 g/mol. The van der Waals surface area contributed by atoms with Crippen LogP contribution in [0.2, 0.25) is 0 Å². The molecule has 28 heavy (non-hydrogen) atoms. The zero-order chi connectivity index (χ0) is 19.8. The first kappa shape index (κ1) is 17.9. The molecule has 0 saturated heterocycles. The van der Waals surface area contributed by atoms with E-state index in [9.17, 15) is 9.59 Å². The topological polar surface area (TPSA) is 95.2 Å². The van der Waals surface area contributed by atoms with Crippen molar-refractivity contribution in [2.75, 3.05) is 13.4 Å². The molecule has 0 radical (unpaired) electrons. The van der Waals surface area contributed by atoms with Crippen molar-refractivity contribution in [1.82, 2.24) is 0 Å². The van der Waals surface area contributed by atoms with Gasteiger partial charge in [0.2, 0.25) is 12.2 Å². The molecular weight excluding hydrogens is 364 g/mol. The summed E-state index contributed by atoms with van der Waals surface area (Å²) in [6.45, 7) is 3.32. The molecule has 0 saturated carbocycles. The molecule has 0 aliphatic carbocycles. The molecule has 0 amide bonds. The lowest BCUT2D eigenvalue weighted by molar-refractivity contribution is -0.139. The van der Waals surface area contributed by atoms with Crippen LogP contribution in [0.3, 0.4) is 0 Å². The number of carbonyl (C=O) groups is 1. The van der Waals surface area contributed by atoms with Gasteiger partial charge in [-0.05, 0) is 42.7 Å². The molecule has 1 aliphatic rings. The highest BCUT2D eigenvalue weighted by atomic mass is 16.7. The molecule has 0 spiro atoms. The largest absolute Gasteiger partial charge is 0.481 e. The Balaban J connectivity index is 1.87. The standard InChI is InChI=1S/C21H18O7/c1-3-12-6-14-17(8-16(12)25-9-19(22)23)28-11(2)20(21(14)24)13-4-5-15-18(7-13)27-10-26-15/h4-8H,3,9-10H2,1-2H3,(H,22,23). The van der Waals surface area contributed by atoms with Crippen LogP contribution in [0.1, 0.15) is 18.2 Å². The lowest BCUT2D eigenvalue weighted by Gasteiger charge is -2.12. The minimum Gasteiger partial charge on any atom is -0.481 e. The second kappa shape index (κ2) is 6.92. The summed E-state index contributed by atoms with van der Waals surface area (Å²) in [5.41, 5.74) is 2.05. The second-order valence-corrected chi connectivity index (χ2v) is 6.42. The molecule has 3 aromatic rings. The van der Waals surface area contributed by atoms with Gasteiger partial charge in [-0.2, -0.15) is 0 Å². The molecule has 4 rings (SSSR count). The molecule has 0 atom stereocenters. The van der Waals surface area contributed by atoms with Crippen molar-refractivity contribution in [1.29, 1.82) is 0 Å². The summed E-state index contributed by atoms with van der Waals surface area (Å²) in [7, 11) is 0. The number of rotatable bonds is 5. The summed E-state index contributed by atoms with van der Waals surface area (Å²) in [5.74, 6) is 1.00. The Morgan fingerprint density at radius 1 is 1.18 bits per heavy atom. The van der Waals surface area contributed by atoms with Gasteiger partial charge in [0.05, 0.1) is 10.9 Å². The summed E-state index contributed by atoms with van der Waals surface area (Å²) < 4.78 is 22.0. The van der Waals surface area contributed by atoms with Gasteiger partial charge in [-0.3, -0.25) is 4.79 Å². The van der Waals surface area contributed by atoms with Gasteiger partial charge in [0, 0.05) is 6.07 Å². The van der Waals surface area contributed by atoms with Gasteiger partial charge in [0.1, 0.15) is 17.1 Å². The number of fused-ring (bicyclic) bond motifs is 2. The monoisotopic (exact) mass is 382 g/mol. The average Bonchev–Trinajstić information content (AvgIpc) is 3.13. The molecule has 0 fully saturated rings. The molecule has 1 aliphatic heterocycles. The van der Waals surface area contributed by atoms with E-state index in [0.29, 0.717) is 51.5 Å². The van der Waals surface area contributed by atoms with E-state index in [2.05, 4.69) is 0 Å². The van der Waals surface area contributed by atoms with Crippen LogP contribution in [-0.2, 0) is 11.2 Å². The number of carboxylic acids is 1. The summed E-state index contributed by atoms with van der Waals surface area (Å²) in [5, 5.41) is 9.27. The van der Waals surface area contributed by atoms with Crippen molar-refractivity contribution in [3.63, 3.8) is 0 Å². The SMILES string of the molecule is CCc1cc2c(=O)c(-c3ccc4c(c3)OCO4)c(C)oc2cc1OCC(=O)O. The third kappa shape index (κ3) is 3.05. The molecule has 7 nitrogen and oxygen atoms in total. The number of ether oxygens (including phenoxy) is 3. The first-order valence-corrected chi connectivity index (χ1v) is 8.83. The molecule has 144 valence electrons. The van der Waals surface area contributed by atoms with Crippen molar-refractivity contribution in [2.45, 2.75) is 20.3 Å². The number of hydrogen-bond donors (Lipinski definition) is 1. The zero-order valence-electron chi connectivity index (χ0n) is 15.4. The number of aliphatic carboxylic acids is 1. The third-order valence-corrected chi connectivity index (χ3v) is 4.64. The molecule has 7 heteroatoms. The van der Waals surface area contributed by atoms with E-state index in [-0.39, 0.29) is 12.2 Å². The number of hydrogen-bond acceptors (Lipinski definition) is 6. The van der Waals surface area contributed by atoms with Crippen LogP contribution in [0.5, 0.6) is 17.2 Å². The summed E-state index contributed by atoms with van der Waals surface area (Å²) >= 11 is 0. The van der Waals surface area contributed by atoms with E-state index >= 15 is 0 Å². The lowest BCUT2D eigenvalue weighted by atomic mass is 10.0. The van der Waals surface area contributed by atoms with E-state index in [0.717, 1.165) is 5.56 Å². The van der Waals surface area contributed by atoms with Gasteiger partial charge in [-0.1, -0.05) is 13.0 Å². The fraction of sp³-hybridized carbons (Fsp3) is 0.238. The quantitative estimate of drug-likeness (QED) is 0.721. The normalized spacial score (nSPS) is 12.4. The molecule has 2 aromatic carbocycles. The maximum atomic E-state index is 13.2. The highest BCUT2D eigenvalue weighted by molar-refractivity contribution is 5.85. The molecular formula is C21H18O7. The van der Waals surface area contributed by atoms with Gasteiger partial charge in [0.15, 0.2) is 18.1 Å². The predicted octanol–water partition coefficient (Wildman–Crippen LogP) is 3.52.